The number of aromatic nitrogens is 5. The topological polar surface area (TPSA) is 112 Å². The fourth-order valence-electron chi connectivity index (χ4n) is 11.9. The molecule has 0 atom stereocenters. The van der Waals surface area contributed by atoms with Gasteiger partial charge in [0.2, 0.25) is 0 Å². The second-order valence-electron chi connectivity index (χ2n) is 20.3. The first-order chi connectivity index (χ1) is 40.0. The Kier molecular flexibility index (Phi) is 10.8. The number of benzene rings is 11. The van der Waals surface area contributed by atoms with Crippen molar-refractivity contribution in [3.05, 3.63) is 271 Å². The van der Waals surface area contributed by atoms with Crippen molar-refractivity contribution in [2.75, 3.05) is 0 Å². The van der Waals surface area contributed by atoms with Crippen LogP contribution in [0.15, 0.2) is 255 Å². The van der Waals surface area contributed by atoms with Gasteiger partial charge in [-0.15, -0.1) is 0 Å². The molecule has 4 heterocycles. The van der Waals surface area contributed by atoms with Crippen molar-refractivity contribution >= 4 is 65.4 Å². The van der Waals surface area contributed by atoms with Crippen molar-refractivity contribution < 1.29 is 0 Å². The predicted octanol–water partition coefficient (Wildman–Crippen LogP) is 17.7. The minimum absolute atomic E-state index is 0.515. The Morgan fingerprint density at radius 1 is 0.272 bits per heavy atom. The number of para-hydroxylation sites is 4. The van der Waals surface area contributed by atoms with E-state index in [9.17, 15) is 15.8 Å². The van der Waals surface area contributed by atoms with E-state index in [1.807, 2.05) is 66.7 Å². The summed E-state index contributed by atoms with van der Waals surface area (Å²) in [6.45, 7) is 0. The lowest BCUT2D eigenvalue weighted by atomic mass is 9.94. The molecule has 0 aliphatic rings. The molecule has 4 aromatic heterocycles. The zero-order valence-corrected chi connectivity index (χ0v) is 43.3. The van der Waals surface area contributed by atoms with Gasteiger partial charge in [-0.1, -0.05) is 133 Å². The van der Waals surface area contributed by atoms with E-state index in [2.05, 4.69) is 196 Å². The van der Waals surface area contributed by atoms with E-state index in [0.29, 0.717) is 33.9 Å². The Balaban J connectivity index is 0.795. The number of hydrogen-bond donors (Lipinski definition) is 0. The van der Waals surface area contributed by atoms with Crippen molar-refractivity contribution in [1.29, 1.82) is 15.8 Å². The largest absolute Gasteiger partial charge is 0.309 e. The third kappa shape index (κ3) is 7.73. The van der Waals surface area contributed by atoms with Gasteiger partial charge in [0, 0.05) is 66.1 Å². The molecule has 0 spiro atoms. The van der Waals surface area contributed by atoms with Gasteiger partial charge in [0.05, 0.1) is 79.4 Å². The number of nitriles is 3. The Labute approximate surface area is 465 Å². The van der Waals surface area contributed by atoms with E-state index in [1.54, 1.807) is 24.3 Å². The van der Waals surface area contributed by atoms with Crippen molar-refractivity contribution in [2.45, 2.75) is 0 Å². The Hall–Kier alpha value is -11.6. The minimum Gasteiger partial charge on any atom is -0.309 e. The van der Waals surface area contributed by atoms with Crippen molar-refractivity contribution in [3.8, 4) is 91.4 Å². The lowest BCUT2D eigenvalue weighted by molar-refractivity contribution is 1.16. The smallest absolute Gasteiger partial charge is 0.160 e. The first-order valence-electron chi connectivity index (χ1n) is 26.7. The van der Waals surface area contributed by atoms with Gasteiger partial charge in [0.25, 0.3) is 0 Å². The number of nitrogens with zero attached hydrogens (tertiary/aromatic N) is 8. The van der Waals surface area contributed by atoms with Crippen LogP contribution in [0.4, 0.5) is 0 Å². The molecule has 15 aromatic rings. The summed E-state index contributed by atoms with van der Waals surface area (Å²) in [6.07, 6.45) is 0. The summed E-state index contributed by atoms with van der Waals surface area (Å²) < 4.78 is 7.15. The summed E-state index contributed by atoms with van der Waals surface area (Å²) in [7, 11) is 0. The normalized spacial score (nSPS) is 11.4. The van der Waals surface area contributed by atoms with Crippen LogP contribution in [0.3, 0.4) is 0 Å². The highest BCUT2D eigenvalue weighted by molar-refractivity contribution is 6.14. The lowest BCUT2D eigenvalue weighted by Crippen LogP contribution is -1.96. The molecule has 15 rings (SSSR count). The zero-order chi connectivity index (χ0) is 54.1. The van der Waals surface area contributed by atoms with Crippen molar-refractivity contribution in [2.24, 2.45) is 0 Å². The molecule has 374 valence electrons. The van der Waals surface area contributed by atoms with Crippen LogP contribution in [-0.4, -0.2) is 23.7 Å². The molecule has 8 nitrogen and oxygen atoms in total. The Bertz CT molecular complexity index is 4820. The van der Waals surface area contributed by atoms with Gasteiger partial charge in [-0.3, -0.25) is 0 Å². The standard InChI is InChI=1S/C73H42N8/c74-43-46-17-21-50(22-18-46)65-42-66(78-73(77-65)52-23-19-47(44-75)20-24-52)51-27-25-49(26-28-51)58-36-31-53(39-54(58)45-76)48-29-32-55(33-30-48)79-71-37-34-56(80-67-13-5-1-9-59(67)60-10-2-6-14-68(60)80)40-63(71)64-41-57(35-38-72(64)79)81-69-15-7-3-11-61(69)62-12-4-8-16-70(62)81/h1-42H. The molecule has 0 amide bonds. The monoisotopic (exact) mass is 1030 g/mol. The average molecular weight is 1030 g/mol. The summed E-state index contributed by atoms with van der Waals surface area (Å²) in [6, 6.07) is 94.5. The maximum absolute atomic E-state index is 10.7. The van der Waals surface area contributed by atoms with Gasteiger partial charge in [-0.25, -0.2) is 9.97 Å². The molecule has 8 heteroatoms. The molecule has 0 aliphatic heterocycles. The lowest BCUT2D eigenvalue weighted by Gasteiger charge is -2.12. The summed E-state index contributed by atoms with van der Waals surface area (Å²) >= 11 is 0. The average Bonchev–Trinajstić information content (AvgIpc) is 4.23. The molecule has 0 radical (unpaired) electrons. The third-order valence-corrected chi connectivity index (χ3v) is 15.8. The van der Waals surface area contributed by atoms with E-state index in [-0.39, 0.29) is 0 Å². The van der Waals surface area contributed by atoms with Gasteiger partial charge in [0.15, 0.2) is 5.82 Å². The predicted molar refractivity (Wildman–Crippen MR) is 326 cm³/mol. The maximum Gasteiger partial charge on any atom is 0.160 e. The van der Waals surface area contributed by atoms with E-state index in [4.69, 9.17) is 9.97 Å². The molecule has 0 saturated heterocycles. The number of rotatable bonds is 8. The van der Waals surface area contributed by atoms with Crippen LogP contribution in [0.25, 0.3) is 139 Å². The molecule has 0 bridgehead atoms. The SMILES string of the molecule is N#Cc1ccc(-c2cc(-c3ccc(-c4ccc(-c5ccc(-n6c7ccc(-n8c9ccccc9c9ccccc98)cc7c7cc(-n8c9ccccc9c9ccccc98)ccc76)cc5)cc4C#N)cc3)nc(-c3ccc(C#N)cc3)n2)cc1. The molecular weight excluding hydrogens is 989 g/mol. The first-order valence-corrected chi connectivity index (χ1v) is 26.7. The van der Waals surface area contributed by atoms with Crippen LogP contribution in [0, 0.1) is 34.0 Å². The fourth-order valence-corrected chi connectivity index (χ4v) is 11.9. The first kappa shape index (κ1) is 46.7. The molecule has 0 unspecified atom stereocenters. The second-order valence-corrected chi connectivity index (χ2v) is 20.3. The molecule has 0 fully saturated rings. The van der Waals surface area contributed by atoms with E-state index < -0.39 is 0 Å². The highest BCUT2D eigenvalue weighted by Crippen LogP contribution is 2.41. The van der Waals surface area contributed by atoms with Crippen LogP contribution < -0.4 is 0 Å². The summed E-state index contributed by atoms with van der Waals surface area (Å²) in [5.74, 6) is 0.515. The van der Waals surface area contributed by atoms with Crippen LogP contribution in [0.5, 0.6) is 0 Å². The highest BCUT2D eigenvalue weighted by Gasteiger charge is 2.20. The summed E-state index contributed by atoms with van der Waals surface area (Å²) in [5.41, 5.74) is 19.3. The van der Waals surface area contributed by atoms with Gasteiger partial charge in [-0.05, 0) is 144 Å². The van der Waals surface area contributed by atoms with Crippen molar-refractivity contribution in [3.63, 3.8) is 0 Å². The van der Waals surface area contributed by atoms with E-state index in [1.165, 1.54) is 43.6 Å². The summed E-state index contributed by atoms with van der Waals surface area (Å²) in [5, 5.41) is 36.7. The Morgan fingerprint density at radius 3 is 1.10 bits per heavy atom. The van der Waals surface area contributed by atoms with Crippen LogP contribution in [0.2, 0.25) is 0 Å². The molecule has 0 N–H and O–H groups in total. The van der Waals surface area contributed by atoms with Crippen molar-refractivity contribution in [1.82, 2.24) is 23.7 Å². The highest BCUT2D eigenvalue weighted by atomic mass is 15.0. The molecule has 0 aliphatic carbocycles. The number of fused-ring (bicyclic) bond motifs is 9. The molecule has 0 saturated carbocycles. The van der Waals surface area contributed by atoms with Crippen LogP contribution >= 0.6 is 0 Å². The molecule has 11 aromatic carbocycles. The van der Waals surface area contributed by atoms with Gasteiger partial charge >= 0.3 is 0 Å². The maximum atomic E-state index is 10.7. The van der Waals surface area contributed by atoms with Gasteiger partial charge in [-0.2, -0.15) is 15.8 Å². The zero-order valence-electron chi connectivity index (χ0n) is 43.3. The number of hydrogen-bond acceptors (Lipinski definition) is 5. The van der Waals surface area contributed by atoms with Crippen LogP contribution in [-0.2, 0) is 0 Å². The molecular formula is C73H42N8. The quantitative estimate of drug-likeness (QED) is 0.150. The summed E-state index contributed by atoms with van der Waals surface area (Å²) in [4.78, 5) is 9.89. The van der Waals surface area contributed by atoms with Gasteiger partial charge < -0.3 is 13.7 Å². The minimum atomic E-state index is 0.515. The van der Waals surface area contributed by atoms with E-state index >= 15 is 0 Å². The van der Waals surface area contributed by atoms with Crippen LogP contribution in [0.1, 0.15) is 16.7 Å². The Morgan fingerprint density at radius 2 is 0.642 bits per heavy atom. The fraction of sp³-hybridized carbons (Fsp3) is 0. The third-order valence-electron chi connectivity index (χ3n) is 15.8. The second kappa shape index (κ2) is 18.8. The van der Waals surface area contributed by atoms with E-state index in [0.717, 1.165) is 77.8 Å². The van der Waals surface area contributed by atoms with Gasteiger partial charge in [0.1, 0.15) is 0 Å². The molecule has 81 heavy (non-hydrogen) atoms.